The van der Waals surface area contributed by atoms with E-state index in [4.69, 9.17) is 11.6 Å². The molecule has 2 aliphatic heterocycles. The second-order valence-electron chi connectivity index (χ2n) is 9.26. The van der Waals surface area contributed by atoms with Crippen LogP contribution in [0.2, 0.25) is 5.02 Å². The fourth-order valence-corrected chi connectivity index (χ4v) is 5.14. The number of hydrogen-bond acceptors (Lipinski definition) is 3. The standard InChI is InChI=1S/C26H30ClN3O3.C2H6/c1-16(2)23(30-15-19-7-4-5-8-21(19)25(30)32)26(33)29-12-6-9-22(29)24(31)28-14-18-10-11-20(27)13-17(18)3;1-2/h4-5,7-8,10-11,13,16,22-23H,6,9,12,14-15H2,1-3H3,(H,28,31);1-2H3. The smallest absolute Gasteiger partial charge is 0.255 e. The topological polar surface area (TPSA) is 69.7 Å². The van der Waals surface area contributed by atoms with Gasteiger partial charge in [-0.2, -0.15) is 0 Å². The summed E-state index contributed by atoms with van der Waals surface area (Å²) in [6.45, 7) is 11.2. The van der Waals surface area contributed by atoms with Gasteiger partial charge in [-0.05, 0) is 60.6 Å². The van der Waals surface area contributed by atoms with Gasteiger partial charge in [0.05, 0.1) is 0 Å². The van der Waals surface area contributed by atoms with Crippen molar-refractivity contribution in [3.8, 4) is 0 Å². The van der Waals surface area contributed by atoms with Crippen LogP contribution in [0.5, 0.6) is 0 Å². The number of nitrogens with one attached hydrogen (secondary N) is 1. The predicted molar refractivity (Wildman–Crippen MR) is 139 cm³/mol. The summed E-state index contributed by atoms with van der Waals surface area (Å²) in [4.78, 5) is 43.1. The highest BCUT2D eigenvalue weighted by atomic mass is 35.5. The molecule has 0 radical (unpaired) electrons. The van der Waals surface area contributed by atoms with Crippen molar-refractivity contribution in [3.63, 3.8) is 0 Å². The van der Waals surface area contributed by atoms with Crippen molar-refractivity contribution in [2.45, 2.75) is 72.6 Å². The van der Waals surface area contributed by atoms with Gasteiger partial charge in [-0.15, -0.1) is 0 Å². The van der Waals surface area contributed by atoms with Gasteiger partial charge < -0.3 is 15.1 Å². The highest BCUT2D eigenvalue weighted by Gasteiger charge is 2.43. The van der Waals surface area contributed by atoms with Crippen LogP contribution in [0.3, 0.4) is 0 Å². The van der Waals surface area contributed by atoms with E-state index in [2.05, 4.69) is 5.32 Å². The Hall–Kier alpha value is -2.86. The highest BCUT2D eigenvalue weighted by molar-refractivity contribution is 6.30. The number of amides is 3. The lowest BCUT2D eigenvalue weighted by atomic mass is 10.0. The Labute approximate surface area is 213 Å². The lowest BCUT2D eigenvalue weighted by Gasteiger charge is -2.35. The number of nitrogens with zero attached hydrogens (tertiary/aromatic N) is 2. The zero-order chi connectivity index (χ0) is 25.7. The molecule has 3 amide bonds. The molecule has 0 saturated carbocycles. The molecule has 6 nitrogen and oxygen atoms in total. The number of carbonyl (C=O) groups is 3. The number of halogens is 1. The summed E-state index contributed by atoms with van der Waals surface area (Å²) in [6, 6.07) is 11.9. The Kier molecular flexibility index (Phi) is 8.95. The Balaban J connectivity index is 0.00000167. The van der Waals surface area contributed by atoms with Gasteiger partial charge in [0.25, 0.3) is 5.91 Å². The molecule has 0 bridgehead atoms. The first-order valence-electron chi connectivity index (χ1n) is 12.5. The van der Waals surface area contributed by atoms with Gasteiger partial charge in [-0.25, -0.2) is 0 Å². The van der Waals surface area contributed by atoms with Crippen LogP contribution in [-0.2, 0) is 22.7 Å². The monoisotopic (exact) mass is 497 g/mol. The second-order valence-corrected chi connectivity index (χ2v) is 9.69. The average molecular weight is 498 g/mol. The molecule has 0 spiro atoms. The van der Waals surface area contributed by atoms with Gasteiger partial charge in [-0.1, -0.05) is 63.6 Å². The molecule has 7 heteroatoms. The van der Waals surface area contributed by atoms with Crippen LogP contribution in [0, 0.1) is 12.8 Å². The van der Waals surface area contributed by atoms with Crippen molar-refractivity contribution in [3.05, 3.63) is 69.7 Å². The Bertz CT molecular complexity index is 1080. The Morgan fingerprint density at radius 3 is 2.51 bits per heavy atom. The first kappa shape index (κ1) is 26.7. The fourth-order valence-electron chi connectivity index (χ4n) is 4.91. The van der Waals surface area contributed by atoms with E-state index in [1.165, 1.54) is 0 Å². The van der Waals surface area contributed by atoms with Crippen molar-refractivity contribution in [2.75, 3.05) is 6.54 Å². The molecule has 2 aromatic rings. The van der Waals surface area contributed by atoms with Crippen LogP contribution >= 0.6 is 11.6 Å². The van der Waals surface area contributed by atoms with Crippen LogP contribution in [0.25, 0.3) is 0 Å². The molecule has 0 aliphatic carbocycles. The molecule has 2 aliphatic rings. The first-order chi connectivity index (χ1) is 16.8. The van der Waals surface area contributed by atoms with Gasteiger partial charge in [0.1, 0.15) is 12.1 Å². The minimum atomic E-state index is -0.600. The van der Waals surface area contributed by atoms with Gasteiger partial charge in [0, 0.05) is 30.2 Å². The molecule has 1 saturated heterocycles. The first-order valence-corrected chi connectivity index (χ1v) is 12.9. The third-order valence-electron chi connectivity index (χ3n) is 6.67. The van der Waals surface area contributed by atoms with Crippen LogP contribution in [0.1, 0.15) is 67.6 Å². The molecule has 188 valence electrons. The van der Waals surface area contributed by atoms with Crippen molar-refractivity contribution in [2.24, 2.45) is 5.92 Å². The maximum Gasteiger partial charge on any atom is 0.255 e. The largest absolute Gasteiger partial charge is 0.350 e. The lowest BCUT2D eigenvalue weighted by molar-refractivity contribution is -0.143. The number of hydrogen-bond donors (Lipinski definition) is 1. The summed E-state index contributed by atoms with van der Waals surface area (Å²) < 4.78 is 0. The van der Waals surface area contributed by atoms with E-state index in [-0.39, 0.29) is 23.6 Å². The van der Waals surface area contributed by atoms with Gasteiger partial charge >= 0.3 is 0 Å². The molecule has 2 heterocycles. The number of rotatable bonds is 6. The fraction of sp³-hybridized carbons (Fsp3) is 0.464. The van der Waals surface area contributed by atoms with E-state index in [1.54, 1.807) is 15.9 Å². The maximum atomic E-state index is 13.7. The SMILES string of the molecule is CC.Cc1cc(Cl)ccc1CNC(=O)C1CCCN1C(=O)C(C(C)C)N1Cc2ccccc2C1=O. The molecule has 2 unspecified atom stereocenters. The molecular weight excluding hydrogens is 462 g/mol. The molecule has 4 rings (SSSR count). The second kappa shape index (κ2) is 11.7. The van der Waals surface area contributed by atoms with Gasteiger partial charge in [0.2, 0.25) is 11.8 Å². The van der Waals surface area contributed by atoms with E-state index in [0.29, 0.717) is 36.6 Å². The van der Waals surface area contributed by atoms with Crippen LogP contribution < -0.4 is 5.32 Å². The van der Waals surface area contributed by atoms with E-state index in [1.807, 2.05) is 71.0 Å². The lowest BCUT2D eigenvalue weighted by Crippen LogP contribution is -2.55. The third-order valence-corrected chi connectivity index (χ3v) is 6.90. The highest BCUT2D eigenvalue weighted by Crippen LogP contribution is 2.30. The molecular formula is C28H36ClN3O3. The minimum absolute atomic E-state index is 0.0724. The molecule has 0 aromatic heterocycles. The summed E-state index contributed by atoms with van der Waals surface area (Å²) in [6.07, 6.45) is 1.39. The summed E-state index contributed by atoms with van der Waals surface area (Å²) in [7, 11) is 0. The zero-order valence-electron chi connectivity index (χ0n) is 21.3. The van der Waals surface area contributed by atoms with E-state index in [0.717, 1.165) is 23.1 Å². The number of likely N-dealkylation sites (tertiary alicyclic amines) is 1. The summed E-state index contributed by atoms with van der Waals surface area (Å²) in [5, 5.41) is 3.65. The number of benzene rings is 2. The van der Waals surface area contributed by atoms with Crippen LogP contribution in [0.15, 0.2) is 42.5 Å². The molecule has 2 aromatic carbocycles. The number of fused-ring (bicyclic) bond motifs is 1. The van der Waals surface area contributed by atoms with Crippen molar-refractivity contribution in [1.82, 2.24) is 15.1 Å². The molecule has 2 atom stereocenters. The third kappa shape index (κ3) is 5.69. The minimum Gasteiger partial charge on any atom is -0.350 e. The van der Waals surface area contributed by atoms with Gasteiger partial charge in [-0.3, -0.25) is 14.4 Å². The number of carbonyl (C=O) groups excluding carboxylic acids is 3. The van der Waals surface area contributed by atoms with Crippen molar-refractivity contribution >= 4 is 29.3 Å². The maximum absolute atomic E-state index is 13.7. The van der Waals surface area contributed by atoms with Crippen molar-refractivity contribution < 1.29 is 14.4 Å². The van der Waals surface area contributed by atoms with E-state index >= 15 is 0 Å². The number of aryl methyl sites for hydroxylation is 1. The summed E-state index contributed by atoms with van der Waals surface area (Å²) in [5.74, 6) is -0.493. The van der Waals surface area contributed by atoms with Crippen LogP contribution in [-0.4, -0.2) is 46.1 Å². The Morgan fingerprint density at radius 2 is 1.86 bits per heavy atom. The molecule has 1 N–H and O–H groups in total. The predicted octanol–water partition coefficient (Wildman–Crippen LogP) is 4.96. The van der Waals surface area contributed by atoms with Gasteiger partial charge in [0.15, 0.2) is 0 Å². The van der Waals surface area contributed by atoms with Crippen molar-refractivity contribution in [1.29, 1.82) is 0 Å². The normalized spacial score (nSPS) is 17.7. The average Bonchev–Trinajstić information content (AvgIpc) is 3.45. The Morgan fingerprint density at radius 1 is 1.14 bits per heavy atom. The zero-order valence-corrected chi connectivity index (χ0v) is 22.1. The summed E-state index contributed by atoms with van der Waals surface area (Å²) >= 11 is 6.03. The van der Waals surface area contributed by atoms with E-state index < -0.39 is 12.1 Å². The summed E-state index contributed by atoms with van der Waals surface area (Å²) in [5.41, 5.74) is 3.60. The van der Waals surface area contributed by atoms with E-state index in [9.17, 15) is 14.4 Å². The van der Waals surface area contributed by atoms with Crippen LogP contribution in [0.4, 0.5) is 0 Å². The quantitative estimate of drug-likeness (QED) is 0.613. The molecule has 35 heavy (non-hydrogen) atoms. The molecule has 1 fully saturated rings.